The molecule has 0 bridgehead atoms. The summed E-state index contributed by atoms with van der Waals surface area (Å²) < 4.78 is 22.3. The van der Waals surface area contributed by atoms with Gasteiger partial charge in [-0.3, -0.25) is 14.5 Å². The third-order valence-corrected chi connectivity index (χ3v) is 7.09. The van der Waals surface area contributed by atoms with Crippen molar-refractivity contribution in [2.75, 3.05) is 37.7 Å². The number of carbonyl (C=O) groups is 2. The molecule has 4 rings (SSSR count). The highest BCUT2D eigenvalue weighted by Crippen LogP contribution is 2.39. The lowest BCUT2D eigenvalue weighted by molar-refractivity contribution is -0.118. The average Bonchev–Trinajstić information content (AvgIpc) is 3.21. The van der Waals surface area contributed by atoms with Crippen LogP contribution in [0.4, 0.5) is 11.4 Å². The quantitative estimate of drug-likeness (QED) is 0.223. The molecule has 8 nitrogen and oxygen atoms in total. The maximum atomic E-state index is 13.2. The lowest BCUT2D eigenvalue weighted by Crippen LogP contribution is -2.27. The number of methoxy groups -OCH3 is 2. The molecule has 0 unspecified atom stereocenters. The number of nitrogens with one attached hydrogen (secondary N) is 1. The van der Waals surface area contributed by atoms with Crippen LogP contribution in [-0.2, 0) is 9.59 Å². The van der Waals surface area contributed by atoms with Gasteiger partial charge in [0.2, 0.25) is 0 Å². The summed E-state index contributed by atoms with van der Waals surface area (Å²) in [6, 6.07) is 17.4. The number of halogens is 1. The van der Waals surface area contributed by atoms with Crippen LogP contribution in [0.15, 0.2) is 65.6 Å². The Morgan fingerprint density at radius 2 is 1.74 bits per heavy atom. The van der Waals surface area contributed by atoms with Gasteiger partial charge in [0, 0.05) is 0 Å². The molecule has 1 N–H and O–H groups in total. The van der Waals surface area contributed by atoms with Crippen LogP contribution in [0.2, 0.25) is 5.02 Å². The zero-order valence-electron chi connectivity index (χ0n) is 21.4. The molecule has 11 heteroatoms. The summed E-state index contributed by atoms with van der Waals surface area (Å²) in [6.45, 7) is 2.11. The monoisotopic (exact) mass is 584 g/mol. The summed E-state index contributed by atoms with van der Waals surface area (Å²) in [7, 11) is 3.02. The van der Waals surface area contributed by atoms with E-state index in [1.165, 1.54) is 30.9 Å². The van der Waals surface area contributed by atoms with E-state index in [1.807, 2.05) is 13.0 Å². The fourth-order valence-electron chi connectivity index (χ4n) is 3.71. The zero-order chi connectivity index (χ0) is 27.9. The molecule has 3 aromatic carbocycles. The van der Waals surface area contributed by atoms with E-state index in [9.17, 15) is 9.59 Å². The van der Waals surface area contributed by atoms with Crippen molar-refractivity contribution < 1.29 is 28.5 Å². The van der Waals surface area contributed by atoms with Gasteiger partial charge in [-0.1, -0.05) is 53.8 Å². The van der Waals surface area contributed by atoms with Gasteiger partial charge in [-0.2, -0.15) is 0 Å². The van der Waals surface area contributed by atoms with Crippen LogP contribution in [0.1, 0.15) is 12.5 Å². The fraction of sp³-hybridized carbons (Fsp3) is 0.179. The molecule has 0 saturated carbocycles. The predicted molar refractivity (Wildman–Crippen MR) is 158 cm³/mol. The Labute approximate surface area is 240 Å². The maximum Gasteiger partial charge on any atom is 0.270 e. The predicted octanol–water partition coefficient (Wildman–Crippen LogP) is 6.18. The number of benzene rings is 3. The Hall–Kier alpha value is -3.73. The molecule has 0 atom stereocenters. The van der Waals surface area contributed by atoms with Gasteiger partial charge in [0.25, 0.3) is 11.8 Å². The minimum atomic E-state index is -0.351. The zero-order valence-corrected chi connectivity index (χ0v) is 23.7. The highest BCUT2D eigenvalue weighted by Gasteiger charge is 2.33. The number of ether oxygens (including phenoxy) is 4. The lowest BCUT2D eigenvalue weighted by atomic mass is 10.1. The first-order chi connectivity index (χ1) is 18.8. The molecule has 1 aliphatic rings. The third-order valence-electron chi connectivity index (χ3n) is 5.49. The highest BCUT2D eigenvalue weighted by atomic mass is 35.5. The van der Waals surface area contributed by atoms with Crippen molar-refractivity contribution >= 4 is 69.2 Å². The Morgan fingerprint density at radius 3 is 2.46 bits per heavy atom. The topological polar surface area (TPSA) is 86.3 Å². The molecule has 1 saturated heterocycles. The molecule has 39 heavy (non-hydrogen) atoms. The van der Waals surface area contributed by atoms with Gasteiger partial charge in [0.05, 0.1) is 42.1 Å². The lowest BCUT2D eigenvalue weighted by Gasteiger charge is -2.15. The molecule has 2 amide bonds. The van der Waals surface area contributed by atoms with Crippen molar-refractivity contribution in [3.8, 4) is 23.0 Å². The first-order valence-corrected chi connectivity index (χ1v) is 13.4. The number of thiocarbonyl (C=S) groups is 1. The number of hydrogen-bond donors (Lipinski definition) is 1. The number of anilines is 2. The Bertz CT molecular complexity index is 1450. The van der Waals surface area contributed by atoms with Gasteiger partial charge in [-0.05, 0) is 61.0 Å². The second kappa shape index (κ2) is 12.9. The molecule has 1 aliphatic heterocycles. The maximum absolute atomic E-state index is 13.2. The van der Waals surface area contributed by atoms with Crippen LogP contribution in [-0.4, -0.2) is 43.6 Å². The summed E-state index contributed by atoms with van der Waals surface area (Å²) in [4.78, 5) is 27.5. The minimum Gasteiger partial charge on any atom is -0.495 e. The Balaban J connectivity index is 1.45. The van der Waals surface area contributed by atoms with E-state index in [-0.39, 0.29) is 18.4 Å². The number of rotatable bonds is 10. The van der Waals surface area contributed by atoms with Crippen LogP contribution in [0.3, 0.4) is 0 Å². The molecule has 3 aromatic rings. The standard InChI is InChI=1S/C28H25ClN2O6S2/c1-4-36-22-8-6-5-7-20(22)30-26(32)16-37-23-11-9-17(13-24(23)35-3)14-25-27(33)31(28(38)39-25)18-10-12-21(34-2)19(29)15-18/h5-15H,4,16H2,1-3H3,(H,30,32)/b25-14+. The molecule has 0 aliphatic carbocycles. The number of carbonyl (C=O) groups excluding carboxylic acids is 2. The van der Waals surface area contributed by atoms with E-state index < -0.39 is 0 Å². The first-order valence-electron chi connectivity index (χ1n) is 11.8. The average molecular weight is 585 g/mol. The SMILES string of the molecule is CCOc1ccccc1NC(=O)COc1ccc(/C=C2/SC(=S)N(c3ccc(OC)c(Cl)c3)C2=O)cc1OC. The number of hydrogen-bond acceptors (Lipinski definition) is 8. The van der Waals surface area contributed by atoms with Crippen LogP contribution >= 0.6 is 35.6 Å². The molecule has 0 aromatic heterocycles. The number of amides is 2. The van der Waals surface area contributed by atoms with Crippen LogP contribution in [0.5, 0.6) is 23.0 Å². The van der Waals surface area contributed by atoms with E-state index in [2.05, 4.69) is 5.32 Å². The molecule has 1 fully saturated rings. The van der Waals surface area contributed by atoms with Gasteiger partial charge < -0.3 is 24.3 Å². The van der Waals surface area contributed by atoms with Crippen molar-refractivity contribution in [1.29, 1.82) is 0 Å². The fourth-order valence-corrected chi connectivity index (χ4v) is 5.26. The van der Waals surface area contributed by atoms with Gasteiger partial charge in [-0.25, -0.2) is 0 Å². The number of thioether (sulfide) groups is 1. The van der Waals surface area contributed by atoms with Crippen LogP contribution in [0, 0.1) is 0 Å². The molecule has 1 heterocycles. The summed E-state index contributed by atoms with van der Waals surface area (Å²) in [6.07, 6.45) is 1.72. The van der Waals surface area contributed by atoms with Gasteiger partial charge in [0.15, 0.2) is 22.4 Å². The normalized spacial score (nSPS) is 13.9. The second-order valence-corrected chi connectivity index (χ2v) is 10.1. The molecular weight excluding hydrogens is 560 g/mol. The van der Waals surface area contributed by atoms with E-state index in [4.69, 9.17) is 42.8 Å². The van der Waals surface area contributed by atoms with Crippen molar-refractivity contribution in [3.05, 3.63) is 76.2 Å². The van der Waals surface area contributed by atoms with Crippen molar-refractivity contribution in [1.82, 2.24) is 0 Å². The highest BCUT2D eigenvalue weighted by molar-refractivity contribution is 8.27. The second-order valence-electron chi connectivity index (χ2n) is 8.01. The number of para-hydroxylation sites is 2. The summed E-state index contributed by atoms with van der Waals surface area (Å²) >= 11 is 12.9. The van der Waals surface area contributed by atoms with Gasteiger partial charge in [0.1, 0.15) is 11.5 Å². The largest absolute Gasteiger partial charge is 0.495 e. The van der Waals surface area contributed by atoms with Crippen molar-refractivity contribution in [3.63, 3.8) is 0 Å². The molecule has 0 spiro atoms. The molecule has 0 radical (unpaired) electrons. The van der Waals surface area contributed by atoms with E-state index >= 15 is 0 Å². The first kappa shape index (κ1) is 28.3. The third kappa shape index (κ3) is 6.65. The summed E-state index contributed by atoms with van der Waals surface area (Å²) in [5.74, 6) is 1.25. The Morgan fingerprint density at radius 1 is 1.00 bits per heavy atom. The Kier molecular flexibility index (Phi) is 9.34. The van der Waals surface area contributed by atoms with E-state index in [0.29, 0.717) is 60.8 Å². The molecule has 202 valence electrons. The van der Waals surface area contributed by atoms with Crippen molar-refractivity contribution in [2.24, 2.45) is 0 Å². The summed E-state index contributed by atoms with van der Waals surface area (Å²) in [5.41, 5.74) is 1.81. The van der Waals surface area contributed by atoms with Gasteiger partial charge in [-0.15, -0.1) is 0 Å². The van der Waals surface area contributed by atoms with Crippen molar-refractivity contribution in [2.45, 2.75) is 6.92 Å². The summed E-state index contributed by atoms with van der Waals surface area (Å²) in [5, 5.41) is 3.16. The smallest absolute Gasteiger partial charge is 0.270 e. The van der Waals surface area contributed by atoms with E-state index in [1.54, 1.807) is 60.7 Å². The van der Waals surface area contributed by atoms with Crippen LogP contribution < -0.4 is 29.2 Å². The molecular formula is C28H25ClN2O6S2. The number of nitrogens with zero attached hydrogens (tertiary/aromatic N) is 1. The van der Waals surface area contributed by atoms with Gasteiger partial charge >= 0.3 is 0 Å². The minimum absolute atomic E-state index is 0.237. The van der Waals surface area contributed by atoms with Crippen LogP contribution in [0.25, 0.3) is 6.08 Å². The van der Waals surface area contributed by atoms with E-state index in [0.717, 1.165) is 0 Å².